The van der Waals surface area contributed by atoms with Crippen LogP contribution in [0.25, 0.3) is 0 Å². The van der Waals surface area contributed by atoms with E-state index in [4.69, 9.17) is 0 Å². The molecule has 15 heavy (non-hydrogen) atoms. The fourth-order valence-electron chi connectivity index (χ4n) is 0.928. The van der Waals surface area contributed by atoms with E-state index in [2.05, 4.69) is 9.47 Å². The second-order valence-corrected chi connectivity index (χ2v) is 2.86. The quantitative estimate of drug-likeness (QED) is 0.507. The van der Waals surface area contributed by atoms with Crippen LogP contribution < -0.4 is 0 Å². The zero-order valence-electron chi connectivity index (χ0n) is 9.24. The Labute approximate surface area is 88.7 Å². The Morgan fingerprint density at radius 1 is 1.07 bits per heavy atom. The molecule has 5 heteroatoms. The smallest absolute Gasteiger partial charge is 0.327 e. The van der Waals surface area contributed by atoms with Crippen LogP contribution in [-0.2, 0) is 23.9 Å². The number of hydrogen-bond acceptors (Lipinski definition) is 5. The molecule has 0 aromatic rings. The van der Waals surface area contributed by atoms with Crippen LogP contribution in [0.4, 0.5) is 0 Å². The molecule has 1 unspecified atom stereocenters. The first-order valence-electron chi connectivity index (χ1n) is 4.97. The van der Waals surface area contributed by atoms with Gasteiger partial charge in [0.25, 0.3) is 0 Å². The molecular formula is C10H16O5. The molecule has 5 nitrogen and oxygen atoms in total. The normalized spacial score (nSPS) is 11.7. The molecule has 0 bridgehead atoms. The van der Waals surface area contributed by atoms with Crippen LogP contribution in [0.2, 0.25) is 0 Å². The zero-order valence-corrected chi connectivity index (χ0v) is 9.24. The van der Waals surface area contributed by atoms with Crippen LogP contribution in [0.3, 0.4) is 0 Å². The summed E-state index contributed by atoms with van der Waals surface area (Å²) < 4.78 is 9.12. The lowest BCUT2D eigenvalue weighted by molar-refractivity contribution is -0.168. The highest BCUT2D eigenvalue weighted by Crippen LogP contribution is 2.08. The molecule has 0 spiro atoms. The van der Waals surface area contributed by atoms with Crippen molar-refractivity contribution in [2.24, 2.45) is 5.92 Å². The molecule has 0 aliphatic rings. The summed E-state index contributed by atoms with van der Waals surface area (Å²) in [7, 11) is 0. The highest BCUT2D eigenvalue weighted by molar-refractivity contribution is 5.99. The van der Waals surface area contributed by atoms with Crippen LogP contribution in [-0.4, -0.2) is 24.5 Å². The van der Waals surface area contributed by atoms with Gasteiger partial charge in [-0.25, -0.2) is 0 Å². The van der Waals surface area contributed by atoms with Crippen molar-refractivity contribution < 1.29 is 23.9 Å². The van der Waals surface area contributed by atoms with Gasteiger partial charge >= 0.3 is 17.9 Å². The van der Waals surface area contributed by atoms with E-state index in [1.807, 2.05) is 0 Å². The van der Waals surface area contributed by atoms with Crippen molar-refractivity contribution in [3.05, 3.63) is 0 Å². The minimum absolute atomic E-state index is 0.102. The van der Waals surface area contributed by atoms with Crippen molar-refractivity contribution in [3.8, 4) is 0 Å². The fourth-order valence-corrected chi connectivity index (χ4v) is 0.928. The van der Waals surface area contributed by atoms with Crippen molar-refractivity contribution in [2.45, 2.75) is 33.6 Å². The molecule has 0 amide bonds. The van der Waals surface area contributed by atoms with E-state index in [1.54, 1.807) is 20.8 Å². The summed E-state index contributed by atoms with van der Waals surface area (Å²) in [6.07, 6.45) is 0.361. The van der Waals surface area contributed by atoms with E-state index >= 15 is 0 Å². The maximum absolute atomic E-state index is 11.3. The van der Waals surface area contributed by atoms with E-state index in [0.717, 1.165) is 0 Å². The predicted molar refractivity (Wildman–Crippen MR) is 51.8 cm³/mol. The van der Waals surface area contributed by atoms with Crippen LogP contribution in [0.1, 0.15) is 33.6 Å². The van der Waals surface area contributed by atoms with Crippen molar-refractivity contribution in [2.75, 3.05) is 6.61 Å². The third-order valence-corrected chi connectivity index (χ3v) is 1.77. The van der Waals surface area contributed by atoms with Crippen molar-refractivity contribution >= 4 is 17.9 Å². The molecule has 0 aliphatic heterocycles. The average molecular weight is 216 g/mol. The molecule has 0 saturated heterocycles. The molecule has 86 valence electrons. The number of rotatable bonds is 5. The van der Waals surface area contributed by atoms with E-state index in [-0.39, 0.29) is 19.4 Å². The summed E-state index contributed by atoms with van der Waals surface area (Å²) in [5, 5.41) is 0. The van der Waals surface area contributed by atoms with Gasteiger partial charge in [0.15, 0.2) is 5.92 Å². The van der Waals surface area contributed by atoms with Gasteiger partial charge in [0.1, 0.15) is 0 Å². The fraction of sp³-hybridized carbons (Fsp3) is 0.700. The van der Waals surface area contributed by atoms with Gasteiger partial charge in [0.05, 0.1) is 6.61 Å². The van der Waals surface area contributed by atoms with Gasteiger partial charge in [-0.15, -0.1) is 0 Å². The molecule has 0 N–H and O–H groups in total. The van der Waals surface area contributed by atoms with Crippen molar-refractivity contribution in [3.63, 3.8) is 0 Å². The highest BCUT2D eigenvalue weighted by atomic mass is 16.6. The lowest BCUT2D eigenvalue weighted by Gasteiger charge is -2.11. The van der Waals surface area contributed by atoms with Gasteiger partial charge in [0.2, 0.25) is 0 Å². The molecule has 0 heterocycles. The van der Waals surface area contributed by atoms with E-state index in [1.165, 1.54) is 0 Å². The van der Waals surface area contributed by atoms with Crippen molar-refractivity contribution in [1.29, 1.82) is 0 Å². The Kier molecular flexibility index (Phi) is 6.33. The Morgan fingerprint density at radius 3 is 2.07 bits per heavy atom. The van der Waals surface area contributed by atoms with Crippen molar-refractivity contribution in [1.82, 2.24) is 0 Å². The maximum atomic E-state index is 11.3. The number of carbonyl (C=O) groups is 3. The summed E-state index contributed by atoms with van der Waals surface area (Å²) in [6, 6.07) is 0. The number of esters is 3. The Morgan fingerprint density at radius 2 is 1.67 bits per heavy atom. The Hall–Kier alpha value is -1.39. The standard InChI is InChI=1S/C10H16O5/c1-4-7(9(12)14-6-3)10(13)15-8(11)5-2/h7H,4-6H2,1-3H3. The topological polar surface area (TPSA) is 69.7 Å². The molecule has 0 radical (unpaired) electrons. The molecule has 0 fully saturated rings. The predicted octanol–water partition coefficient (Wildman–Crippen LogP) is 1.06. The molecule has 0 aromatic heterocycles. The largest absolute Gasteiger partial charge is 0.465 e. The lowest BCUT2D eigenvalue weighted by Crippen LogP contribution is -2.29. The van der Waals surface area contributed by atoms with Crippen LogP contribution in [0, 0.1) is 5.92 Å². The molecular weight excluding hydrogens is 200 g/mol. The van der Waals surface area contributed by atoms with E-state index in [0.29, 0.717) is 0 Å². The highest BCUT2D eigenvalue weighted by Gasteiger charge is 2.29. The van der Waals surface area contributed by atoms with Crippen LogP contribution >= 0.6 is 0 Å². The molecule has 0 aromatic carbocycles. The minimum atomic E-state index is -1.000. The molecule has 1 atom stereocenters. The van der Waals surface area contributed by atoms with Gasteiger partial charge in [-0.3, -0.25) is 14.4 Å². The van der Waals surface area contributed by atoms with Crippen LogP contribution in [0.5, 0.6) is 0 Å². The van der Waals surface area contributed by atoms with Gasteiger partial charge < -0.3 is 9.47 Å². The first-order chi connectivity index (χ1) is 7.06. The second-order valence-electron chi connectivity index (χ2n) is 2.86. The van der Waals surface area contributed by atoms with Gasteiger partial charge in [-0.2, -0.15) is 0 Å². The van der Waals surface area contributed by atoms with Gasteiger partial charge in [0, 0.05) is 6.42 Å². The summed E-state index contributed by atoms with van der Waals surface area (Å²) in [5.41, 5.74) is 0. The molecule has 0 saturated carbocycles. The number of hydrogen-bond donors (Lipinski definition) is 0. The average Bonchev–Trinajstić information content (AvgIpc) is 2.19. The van der Waals surface area contributed by atoms with E-state index in [9.17, 15) is 14.4 Å². The first-order valence-corrected chi connectivity index (χ1v) is 4.97. The van der Waals surface area contributed by atoms with Crippen LogP contribution in [0.15, 0.2) is 0 Å². The van der Waals surface area contributed by atoms with Gasteiger partial charge in [-0.1, -0.05) is 13.8 Å². The SMILES string of the molecule is CCOC(=O)C(CC)C(=O)OC(=O)CC. The minimum Gasteiger partial charge on any atom is -0.465 e. The summed E-state index contributed by atoms with van der Waals surface area (Å²) in [5.74, 6) is -3.11. The molecule has 0 aliphatic carbocycles. The van der Waals surface area contributed by atoms with E-state index < -0.39 is 23.8 Å². The summed E-state index contributed by atoms with van der Waals surface area (Å²) >= 11 is 0. The third kappa shape index (κ3) is 4.58. The second kappa shape index (κ2) is 6.98. The third-order valence-electron chi connectivity index (χ3n) is 1.77. The zero-order chi connectivity index (χ0) is 11.8. The summed E-state index contributed by atoms with van der Waals surface area (Å²) in [6.45, 7) is 5.07. The van der Waals surface area contributed by atoms with Gasteiger partial charge in [-0.05, 0) is 13.3 Å². The summed E-state index contributed by atoms with van der Waals surface area (Å²) in [4.78, 5) is 33.4. The number of ether oxygens (including phenoxy) is 2. The lowest BCUT2D eigenvalue weighted by atomic mass is 10.1. The maximum Gasteiger partial charge on any atom is 0.327 e. The Balaban J connectivity index is 4.34. The Bertz CT molecular complexity index is 246. The monoisotopic (exact) mass is 216 g/mol. The first kappa shape index (κ1) is 13.6. The molecule has 0 rings (SSSR count). The number of carbonyl (C=O) groups excluding carboxylic acids is 3.